The highest BCUT2D eigenvalue weighted by molar-refractivity contribution is 5.90. The van der Waals surface area contributed by atoms with Crippen molar-refractivity contribution in [3.8, 4) is 17.2 Å². The summed E-state index contributed by atoms with van der Waals surface area (Å²) in [5.41, 5.74) is 0.730. The maximum Gasteiger partial charge on any atom is 0.311 e. The number of carbonyl (C=O) groups is 1. The summed E-state index contributed by atoms with van der Waals surface area (Å²) >= 11 is 0. The Balaban J connectivity index is 1.41. The number of benzene rings is 1. The van der Waals surface area contributed by atoms with Gasteiger partial charge in [-0.1, -0.05) is 0 Å². The van der Waals surface area contributed by atoms with Gasteiger partial charge in [-0.05, 0) is 30.3 Å². The molecule has 1 aromatic carbocycles. The number of anilines is 1. The number of aromatic nitrogens is 4. The average molecular weight is 366 g/mol. The van der Waals surface area contributed by atoms with Crippen LogP contribution in [-0.4, -0.2) is 64.3 Å². The number of nitrogens with zero attached hydrogens (tertiary/aromatic N) is 6. The largest absolute Gasteiger partial charge is 0.497 e. The minimum atomic E-state index is -0.268. The smallest absolute Gasteiger partial charge is 0.311 e. The number of piperazine rings is 1. The van der Waals surface area contributed by atoms with Gasteiger partial charge >= 0.3 is 11.8 Å². The maximum atomic E-state index is 12.6. The van der Waals surface area contributed by atoms with E-state index in [0.29, 0.717) is 38.0 Å². The van der Waals surface area contributed by atoms with Crippen LogP contribution >= 0.6 is 0 Å². The van der Waals surface area contributed by atoms with Gasteiger partial charge in [0.25, 0.3) is 0 Å². The van der Waals surface area contributed by atoms with Crippen molar-refractivity contribution in [2.24, 2.45) is 0 Å². The normalized spacial score (nSPS) is 14.3. The van der Waals surface area contributed by atoms with Gasteiger partial charge in [0, 0.05) is 44.1 Å². The van der Waals surface area contributed by atoms with Gasteiger partial charge in [-0.3, -0.25) is 4.79 Å². The Kier molecular flexibility index (Phi) is 4.65. The summed E-state index contributed by atoms with van der Waals surface area (Å²) in [6.45, 7) is 2.37. The topological polar surface area (TPSA) is 97.5 Å². The molecule has 1 fully saturated rings. The highest BCUT2D eigenvalue weighted by Crippen LogP contribution is 2.22. The van der Waals surface area contributed by atoms with Crippen LogP contribution in [0.2, 0.25) is 0 Å². The molecule has 1 aliphatic heterocycles. The summed E-state index contributed by atoms with van der Waals surface area (Å²) in [5.74, 6) is 1.43. The van der Waals surface area contributed by atoms with E-state index >= 15 is 0 Å². The Bertz CT molecular complexity index is 904. The summed E-state index contributed by atoms with van der Waals surface area (Å²) in [6.07, 6.45) is 3.41. The van der Waals surface area contributed by atoms with Crippen molar-refractivity contribution in [3.63, 3.8) is 0 Å². The fourth-order valence-electron chi connectivity index (χ4n) is 2.86. The zero-order chi connectivity index (χ0) is 18.6. The molecule has 27 heavy (non-hydrogen) atoms. The van der Waals surface area contributed by atoms with Crippen molar-refractivity contribution in [1.82, 2.24) is 25.1 Å². The number of rotatable bonds is 4. The Morgan fingerprint density at radius 1 is 1.04 bits per heavy atom. The Morgan fingerprint density at radius 3 is 2.41 bits per heavy atom. The predicted molar refractivity (Wildman–Crippen MR) is 96.4 cm³/mol. The quantitative estimate of drug-likeness (QED) is 0.685. The number of methoxy groups -OCH3 is 1. The maximum absolute atomic E-state index is 12.6. The molecule has 9 nitrogen and oxygen atoms in total. The van der Waals surface area contributed by atoms with E-state index in [9.17, 15) is 4.79 Å². The monoisotopic (exact) mass is 366 g/mol. The van der Waals surface area contributed by atoms with Gasteiger partial charge in [-0.15, -0.1) is 10.2 Å². The van der Waals surface area contributed by atoms with Crippen molar-refractivity contribution in [3.05, 3.63) is 48.6 Å². The summed E-state index contributed by atoms with van der Waals surface area (Å²) in [4.78, 5) is 24.9. The minimum Gasteiger partial charge on any atom is -0.497 e. The second-order valence-electron chi connectivity index (χ2n) is 5.97. The third-order valence-electron chi connectivity index (χ3n) is 4.35. The molecule has 1 amide bonds. The number of carbonyl (C=O) groups excluding carboxylic acids is 1. The van der Waals surface area contributed by atoms with Crippen LogP contribution in [0.1, 0.15) is 10.7 Å². The van der Waals surface area contributed by atoms with E-state index in [1.54, 1.807) is 54.7 Å². The van der Waals surface area contributed by atoms with E-state index in [1.165, 1.54) is 0 Å². The summed E-state index contributed by atoms with van der Waals surface area (Å²) in [7, 11) is 1.60. The van der Waals surface area contributed by atoms with Crippen LogP contribution in [0.3, 0.4) is 0 Å². The molecule has 9 heteroatoms. The predicted octanol–water partition coefficient (Wildman–Crippen LogP) is 1.50. The summed E-state index contributed by atoms with van der Waals surface area (Å²) < 4.78 is 10.7. The van der Waals surface area contributed by atoms with Crippen LogP contribution < -0.4 is 9.64 Å². The van der Waals surface area contributed by atoms with E-state index in [2.05, 4.69) is 20.2 Å². The Labute approximate surface area is 155 Å². The fraction of sp³-hybridized carbons (Fsp3) is 0.278. The molecule has 0 atom stereocenters. The first-order chi connectivity index (χ1) is 13.2. The first-order valence-corrected chi connectivity index (χ1v) is 8.54. The second kappa shape index (κ2) is 7.40. The number of hydrogen-bond acceptors (Lipinski definition) is 8. The molecule has 3 heterocycles. The van der Waals surface area contributed by atoms with Gasteiger partial charge < -0.3 is 19.0 Å². The second-order valence-corrected chi connectivity index (χ2v) is 5.97. The van der Waals surface area contributed by atoms with Crippen LogP contribution in [0, 0.1) is 0 Å². The van der Waals surface area contributed by atoms with Crippen LogP contribution in [0.4, 0.5) is 5.95 Å². The molecule has 0 saturated carbocycles. The van der Waals surface area contributed by atoms with Crippen molar-refractivity contribution in [2.45, 2.75) is 0 Å². The highest BCUT2D eigenvalue weighted by atomic mass is 16.5. The molecule has 1 aliphatic rings. The lowest BCUT2D eigenvalue weighted by atomic mass is 10.2. The van der Waals surface area contributed by atoms with Crippen LogP contribution in [-0.2, 0) is 0 Å². The van der Waals surface area contributed by atoms with E-state index < -0.39 is 0 Å². The van der Waals surface area contributed by atoms with Gasteiger partial charge in [-0.2, -0.15) is 0 Å². The molecule has 0 N–H and O–H groups in total. The molecule has 138 valence electrons. The van der Waals surface area contributed by atoms with Crippen LogP contribution in [0.25, 0.3) is 11.5 Å². The van der Waals surface area contributed by atoms with E-state index in [0.717, 1.165) is 11.3 Å². The molecule has 2 aromatic heterocycles. The van der Waals surface area contributed by atoms with E-state index in [4.69, 9.17) is 9.15 Å². The molecule has 3 aromatic rings. The van der Waals surface area contributed by atoms with Gasteiger partial charge in [0.15, 0.2) is 0 Å². The summed E-state index contributed by atoms with van der Waals surface area (Å²) in [6, 6.07) is 8.98. The van der Waals surface area contributed by atoms with Gasteiger partial charge in [0.05, 0.1) is 7.11 Å². The van der Waals surface area contributed by atoms with Gasteiger partial charge in [0.1, 0.15) is 5.75 Å². The average Bonchev–Trinajstić information content (AvgIpc) is 3.24. The van der Waals surface area contributed by atoms with Crippen molar-refractivity contribution in [2.75, 3.05) is 38.2 Å². The molecule has 0 spiro atoms. The molecule has 1 saturated heterocycles. The number of hydrogen-bond donors (Lipinski definition) is 0. The lowest BCUT2D eigenvalue weighted by molar-refractivity contribution is 0.0706. The zero-order valence-electron chi connectivity index (χ0n) is 14.8. The molecular formula is C18H18N6O3. The summed E-state index contributed by atoms with van der Waals surface area (Å²) in [5, 5.41) is 7.90. The molecule has 0 aliphatic carbocycles. The zero-order valence-corrected chi connectivity index (χ0v) is 14.8. The number of amides is 1. The lowest BCUT2D eigenvalue weighted by Gasteiger charge is -2.33. The van der Waals surface area contributed by atoms with Gasteiger partial charge in [-0.25, -0.2) is 9.97 Å². The van der Waals surface area contributed by atoms with Crippen LogP contribution in [0.5, 0.6) is 5.75 Å². The van der Waals surface area contributed by atoms with Gasteiger partial charge in [0.2, 0.25) is 11.8 Å². The van der Waals surface area contributed by atoms with E-state index in [-0.39, 0.29) is 11.8 Å². The highest BCUT2D eigenvalue weighted by Gasteiger charge is 2.27. The Hall–Kier alpha value is -3.49. The molecule has 0 unspecified atom stereocenters. The standard InChI is InChI=1S/C18H18N6O3/c1-26-14-5-3-13(4-6-14)15-21-22-16(27-15)17(25)23-9-11-24(12-10-23)18-19-7-2-8-20-18/h2-8H,9-12H2,1H3. The third kappa shape index (κ3) is 3.57. The van der Waals surface area contributed by atoms with E-state index in [1.807, 2.05) is 4.90 Å². The molecule has 0 radical (unpaired) electrons. The molecular weight excluding hydrogens is 348 g/mol. The third-order valence-corrected chi connectivity index (χ3v) is 4.35. The van der Waals surface area contributed by atoms with Crippen LogP contribution in [0.15, 0.2) is 47.1 Å². The minimum absolute atomic E-state index is 0.00905. The molecule has 4 rings (SSSR count). The molecule has 0 bridgehead atoms. The lowest BCUT2D eigenvalue weighted by Crippen LogP contribution is -2.49. The SMILES string of the molecule is COc1ccc(-c2nnc(C(=O)N3CCN(c4ncccn4)CC3)o2)cc1. The Morgan fingerprint density at radius 2 is 1.74 bits per heavy atom. The first-order valence-electron chi connectivity index (χ1n) is 8.54. The first kappa shape index (κ1) is 17.0. The van der Waals surface area contributed by atoms with Crippen molar-refractivity contribution < 1.29 is 13.9 Å². The number of ether oxygens (including phenoxy) is 1. The van der Waals surface area contributed by atoms with Crippen molar-refractivity contribution in [1.29, 1.82) is 0 Å². The van der Waals surface area contributed by atoms with Crippen molar-refractivity contribution >= 4 is 11.9 Å². The fourth-order valence-corrected chi connectivity index (χ4v) is 2.86.